The zero-order valence-electron chi connectivity index (χ0n) is 13.5. The SMILES string of the molecule is O=C([C@H]1CC(c2ccccc2)=NO1)N1CCCCc2ccccc21. The van der Waals surface area contributed by atoms with Gasteiger partial charge in [-0.25, -0.2) is 0 Å². The number of benzene rings is 2. The summed E-state index contributed by atoms with van der Waals surface area (Å²) in [6.45, 7) is 0.746. The monoisotopic (exact) mass is 320 g/mol. The van der Waals surface area contributed by atoms with Crippen LogP contribution in [0.4, 0.5) is 5.69 Å². The fourth-order valence-corrected chi connectivity index (χ4v) is 3.40. The maximum Gasteiger partial charge on any atom is 0.271 e. The predicted molar refractivity (Wildman–Crippen MR) is 94.2 cm³/mol. The van der Waals surface area contributed by atoms with Crippen LogP contribution in [0, 0.1) is 0 Å². The van der Waals surface area contributed by atoms with Crippen molar-refractivity contribution >= 4 is 17.3 Å². The number of para-hydroxylation sites is 1. The summed E-state index contributed by atoms with van der Waals surface area (Å²) >= 11 is 0. The van der Waals surface area contributed by atoms with Gasteiger partial charge in [-0.05, 0) is 36.5 Å². The molecule has 2 aliphatic rings. The smallest absolute Gasteiger partial charge is 0.271 e. The highest BCUT2D eigenvalue weighted by atomic mass is 16.6. The van der Waals surface area contributed by atoms with Gasteiger partial charge in [0.05, 0.1) is 5.71 Å². The minimum Gasteiger partial charge on any atom is -0.382 e. The fourth-order valence-electron chi connectivity index (χ4n) is 3.40. The molecule has 4 rings (SSSR count). The first-order valence-corrected chi connectivity index (χ1v) is 8.50. The Hall–Kier alpha value is -2.62. The number of aryl methyl sites for hydroxylation is 1. The van der Waals surface area contributed by atoms with Crippen LogP contribution in [0.25, 0.3) is 0 Å². The van der Waals surface area contributed by atoms with Crippen molar-refractivity contribution in [1.29, 1.82) is 0 Å². The van der Waals surface area contributed by atoms with Crippen LogP contribution in [-0.2, 0) is 16.1 Å². The number of amides is 1. The Balaban J connectivity index is 1.53. The first-order valence-electron chi connectivity index (χ1n) is 8.50. The third-order valence-electron chi connectivity index (χ3n) is 4.68. The van der Waals surface area contributed by atoms with Gasteiger partial charge in [-0.15, -0.1) is 0 Å². The summed E-state index contributed by atoms with van der Waals surface area (Å²) in [5.74, 6) is 0.0130. The molecular weight excluding hydrogens is 300 g/mol. The number of carbonyl (C=O) groups is 1. The Kier molecular flexibility index (Phi) is 4.03. The molecule has 1 amide bonds. The molecule has 1 atom stereocenters. The van der Waals surface area contributed by atoms with E-state index in [2.05, 4.69) is 11.2 Å². The Morgan fingerprint density at radius 3 is 2.71 bits per heavy atom. The summed E-state index contributed by atoms with van der Waals surface area (Å²) in [6, 6.07) is 18.1. The molecule has 0 saturated carbocycles. The van der Waals surface area contributed by atoms with Gasteiger partial charge in [0.25, 0.3) is 5.91 Å². The molecule has 2 aromatic rings. The molecule has 0 unspecified atom stereocenters. The zero-order chi connectivity index (χ0) is 16.4. The maximum absolute atomic E-state index is 13.0. The summed E-state index contributed by atoms with van der Waals surface area (Å²) in [5, 5.41) is 4.15. The molecule has 0 aromatic heterocycles. The van der Waals surface area contributed by atoms with Gasteiger partial charge in [-0.1, -0.05) is 53.7 Å². The van der Waals surface area contributed by atoms with Crippen LogP contribution in [-0.4, -0.2) is 24.3 Å². The molecule has 0 fully saturated rings. The molecule has 2 heterocycles. The largest absolute Gasteiger partial charge is 0.382 e. The van der Waals surface area contributed by atoms with Crippen LogP contribution in [0.15, 0.2) is 59.8 Å². The van der Waals surface area contributed by atoms with E-state index in [-0.39, 0.29) is 5.91 Å². The summed E-state index contributed by atoms with van der Waals surface area (Å²) in [5.41, 5.74) is 4.13. The Morgan fingerprint density at radius 2 is 1.83 bits per heavy atom. The molecule has 122 valence electrons. The molecule has 0 bridgehead atoms. The standard InChI is InChI=1S/C20H20N2O2/c23-20(19-14-17(21-24-19)15-8-2-1-3-9-15)22-13-7-6-11-16-10-4-5-12-18(16)22/h1-5,8-10,12,19H,6-7,11,13-14H2/t19-/m1/s1. The van der Waals surface area contributed by atoms with Gasteiger partial charge in [0.1, 0.15) is 0 Å². The van der Waals surface area contributed by atoms with E-state index < -0.39 is 6.10 Å². The molecule has 4 nitrogen and oxygen atoms in total. The van der Waals surface area contributed by atoms with Crippen molar-refractivity contribution in [2.24, 2.45) is 5.16 Å². The topological polar surface area (TPSA) is 41.9 Å². The van der Waals surface area contributed by atoms with Gasteiger partial charge >= 0.3 is 0 Å². The average Bonchev–Trinajstić information content (AvgIpc) is 3.03. The Morgan fingerprint density at radius 1 is 1.04 bits per heavy atom. The number of rotatable bonds is 2. The third kappa shape index (κ3) is 2.80. The third-order valence-corrected chi connectivity index (χ3v) is 4.68. The number of oxime groups is 1. The van der Waals surface area contributed by atoms with Gasteiger partial charge in [0.2, 0.25) is 6.10 Å². The second-order valence-corrected chi connectivity index (χ2v) is 6.28. The van der Waals surface area contributed by atoms with E-state index in [0.717, 1.165) is 42.8 Å². The second kappa shape index (κ2) is 6.48. The van der Waals surface area contributed by atoms with Crippen LogP contribution in [0.3, 0.4) is 0 Å². The first-order chi connectivity index (χ1) is 11.8. The minimum absolute atomic E-state index is 0.0130. The van der Waals surface area contributed by atoms with Crippen molar-refractivity contribution in [2.45, 2.75) is 31.8 Å². The lowest BCUT2D eigenvalue weighted by Crippen LogP contribution is -2.40. The summed E-state index contributed by atoms with van der Waals surface area (Å²) in [7, 11) is 0. The highest BCUT2D eigenvalue weighted by molar-refractivity contribution is 6.06. The van der Waals surface area contributed by atoms with E-state index in [1.807, 2.05) is 53.4 Å². The number of nitrogens with zero attached hydrogens (tertiary/aromatic N) is 2. The Labute approximate surface area is 141 Å². The van der Waals surface area contributed by atoms with Gasteiger partial charge in [0.15, 0.2) is 0 Å². The number of fused-ring (bicyclic) bond motifs is 1. The van der Waals surface area contributed by atoms with Crippen molar-refractivity contribution in [3.8, 4) is 0 Å². The zero-order valence-corrected chi connectivity index (χ0v) is 13.5. The summed E-state index contributed by atoms with van der Waals surface area (Å²) in [4.78, 5) is 20.4. The van der Waals surface area contributed by atoms with Crippen LogP contribution in [0.2, 0.25) is 0 Å². The van der Waals surface area contributed by atoms with E-state index in [0.29, 0.717) is 6.42 Å². The van der Waals surface area contributed by atoms with Crippen molar-refractivity contribution in [1.82, 2.24) is 0 Å². The van der Waals surface area contributed by atoms with Crippen molar-refractivity contribution < 1.29 is 9.63 Å². The summed E-state index contributed by atoms with van der Waals surface area (Å²) < 4.78 is 0. The van der Waals surface area contributed by atoms with Crippen LogP contribution < -0.4 is 4.90 Å². The quantitative estimate of drug-likeness (QED) is 0.849. The van der Waals surface area contributed by atoms with Crippen LogP contribution in [0.5, 0.6) is 0 Å². The van der Waals surface area contributed by atoms with E-state index >= 15 is 0 Å². The van der Waals surface area contributed by atoms with Crippen LogP contribution in [0.1, 0.15) is 30.4 Å². The van der Waals surface area contributed by atoms with Gasteiger partial charge in [-0.2, -0.15) is 0 Å². The second-order valence-electron chi connectivity index (χ2n) is 6.28. The molecule has 2 aromatic carbocycles. The lowest BCUT2D eigenvalue weighted by Gasteiger charge is -2.24. The van der Waals surface area contributed by atoms with Crippen molar-refractivity contribution in [2.75, 3.05) is 11.4 Å². The molecule has 0 aliphatic carbocycles. The predicted octanol–water partition coefficient (Wildman–Crippen LogP) is 3.55. The van der Waals surface area contributed by atoms with Gasteiger partial charge in [0, 0.05) is 18.7 Å². The average molecular weight is 320 g/mol. The number of carbonyl (C=O) groups excluding carboxylic acids is 1. The van der Waals surface area contributed by atoms with E-state index in [1.165, 1.54) is 5.56 Å². The highest BCUT2D eigenvalue weighted by Crippen LogP contribution is 2.28. The molecule has 24 heavy (non-hydrogen) atoms. The maximum atomic E-state index is 13.0. The summed E-state index contributed by atoms with van der Waals surface area (Å²) in [6.07, 6.45) is 3.16. The molecule has 0 saturated heterocycles. The molecule has 0 radical (unpaired) electrons. The van der Waals surface area contributed by atoms with Gasteiger partial charge < -0.3 is 9.74 Å². The van der Waals surface area contributed by atoms with Crippen molar-refractivity contribution in [3.63, 3.8) is 0 Å². The molecule has 0 spiro atoms. The molecule has 2 aliphatic heterocycles. The minimum atomic E-state index is -0.522. The molecule has 0 N–H and O–H groups in total. The number of anilines is 1. The normalized spacial score (nSPS) is 19.9. The first kappa shape index (κ1) is 14.9. The Bertz CT molecular complexity index is 770. The van der Waals surface area contributed by atoms with E-state index in [4.69, 9.17) is 4.84 Å². The molecule has 4 heteroatoms. The lowest BCUT2D eigenvalue weighted by atomic mass is 10.0. The fraction of sp³-hybridized carbons (Fsp3) is 0.300. The van der Waals surface area contributed by atoms with Crippen molar-refractivity contribution in [3.05, 3.63) is 65.7 Å². The lowest BCUT2D eigenvalue weighted by molar-refractivity contribution is -0.128. The molecular formula is C20H20N2O2. The van der Waals surface area contributed by atoms with E-state index in [9.17, 15) is 4.79 Å². The van der Waals surface area contributed by atoms with Crippen LogP contribution >= 0.6 is 0 Å². The highest BCUT2D eigenvalue weighted by Gasteiger charge is 2.34. The van der Waals surface area contributed by atoms with E-state index in [1.54, 1.807) is 0 Å². The number of hydrogen-bond donors (Lipinski definition) is 0. The number of hydrogen-bond acceptors (Lipinski definition) is 3. The van der Waals surface area contributed by atoms with Gasteiger partial charge in [-0.3, -0.25) is 4.79 Å².